The molecule has 0 heterocycles. The summed E-state index contributed by atoms with van der Waals surface area (Å²) in [5, 5.41) is 0.579. The van der Waals surface area contributed by atoms with Crippen molar-refractivity contribution in [3.63, 3.8) is 0 Å². The van der Waals surface area contributed by atoms with Crippen LogP contribution in [-0.2, 0) is 0 Å². The van der Waals surface area contributed by atoms with Crippen molar-refractivity contribution in [2.75, 3.05) is 7.11 Å². The molecule has 0 saturated heterocycles. The molecule has 0 fully saturated rings. The Morgan fingerprint density at radius 1 is 1.42 bits per heavy atom. The molecule has 0 aliphatic carbocycles. The van der Waals surface area contributed by atoms with Gasteiger partial charge < -0.3 is 9.57 Å². The Bertz CT molecular complexity index is 289. The molecule has 0 spiro atoms. The third-order valence-corrected chi connectivity index (χ3v) is 2.03. The highest BCUT2D eigenvalue weighted by molar-refractivity contribution is 6.31. The van der Waals surface area contributed by atoms with Crippen molar-refractivity contribution in [3.05, 3.63) is 22.7 Å². The van der Waals surface area contributed by atoms with Crippen LogP contribution >= 0.6 is 11.6 Å². The summed E-state index contributed by atoms with van der Waals surface area (Å²) in [6.07, 6.45) is 0. The first-order valence-electron chi connectivity index (χ1n) is 3.40. The molecule has 0 aliphatic heterocycles. The monoisotopic (exact) mass is 187 g/mol. The molecular formula is C8H10ClNO2. The van der Waals surface area contributed by atoms with Crippen LogP contribution < -0.4 is 15.5 Å². The Labute approximate surface area is 76.0 Å². The minimum absolute atomic E-state index is 0.527. The van der Waals surface area contributed by atoms with Crippen LogP contribution in [0.3, 0.4) is 0 Å². The summed E-state index contributed by atoms with van der Waals surface area (Å²) in [7, 11) is 1.56. The van der Waals surface area contributed by atoms with Gasteiger partial charge in [-0.15, -0.1) is 0 Å². The second-order valence-electron chi connectivity index (χ2n) is 2.35. The maximum atomic E-state index is 5.86. The molecule has 1 aromatic carbocycles. The zero-order valence-electron chi connectivity index (χ0n) is 6.93. The molecule has 0 atom stereocenters. The van der Waals surface area contributed by atoms with Gasteiger partial charge in [-0.25, -0.2) is 0 Å². The SMILES string of the molecule is COc1cc(Cl)c(C)c(ON)c1. The topological polar surface area (TPSA) is 44.5 Å². The molecule has 66 valence electrons. The fourth-order valence-electron chi connectivity index (χ4n) is 0.870. The molecule has 0 unspecified atom stereocenters. The largest absolute Gasteiger partial charge is 0.497 e. The van der Waals surface area contributed by atoms with E-state index in [2.05, 4.69) is 4.84 Å². The highest BCUT2D eigenvalue weighted by Crippen LogP contribution is 2.30. The zero-order chi connectivity index (χ0) is 9.14. The smallest absolute Gasteiger partial charge is 0.154 e. The van der Waals surface area contributed by atoms with Crippen molar-refractivity contribution in [2.45, 2.75) is 6.92 Å². The number of nitrogens with two attached hydrogens (primary N) is 1. The van der Waals surface area contributed by atoms with E-state index in [-0.39, 0.29) is 0 Å². The number of methoxy groups -OCH3 is 1. The van der Waals surface area contributed by atoms with Crippen LogP contribution in [-0.4, -0.2) is 7.11 Å². The van der Waals surface area contributed by atoms with Crippen LogP contribution in [0, 0.1) is 6.92 Å². The van der Waals surface area contributed by atoms with Crippen LogP contribution in [0.25, 0.3) is 0 Å². The van der Waals surface area contributed by atoms with Crippen molar-refractivity contribution < 1.29 is 9.57 Å². The third-order valence-electron chi connectivity index (χ3n) is 1.63. The molecular weight excluding hydrogens is 178 g/mol. The van der Waals surface area contributed by atoms with Crippen LogP contribution in [0.5, 0.6) is 11.5 Å². The fourth-order valence-corrected chi connectivity index (χ4v) is 1.07. The number of hydrogen-bond acceptors (Lipinski definition) is 3. The molecule has 1 rings (SSSR count). The maximum absolute atomic E-state index is 5.86. The van der Waals surface area contributed by atoms with E-state index in [1.54, 1.807) is 19.2 Å². The predicted molar refractivity (Wildman–Crippen MR) is 47.6 cm³/mol. The van der Waals surface area contributed by atoms with Gasteiger partial charge in [-0.2, -0.15) is 5.90 Å². The number of rotatable bonds is 2. The first-order chi connectivity index (χ1) is 5.69. The molecule has 0 bridgehead atoms. The third kappa shape index (κ3) is 1.62. The van der Waals surface area contributed by atoms with Crippen molar-refractivity contribution in [3.8, 4) is 11.5 Å². The summed E-state index contributed by atoms with van der Waals surface area (Å²) in [5.74, 6) is 6.19. The minimum atomic E-state index is 0.527. The van der Waals surface area contributed by atoms with E-state index in [4.69, 9.17) is 22.2 Å². The number of ether oxygens (including phenoxy) is 1. The van der Waals surface area contributed by atoms with Crippen molar-refractivity contribution in [1.29, 1.82) is 0 Å². The van der Waals surface area contributed by atoms with E-state index in [1.807, 2.05) is 6.92 Å². The maximum Gasteiger partial charge on any atom is 0.154 e. The molecule has 4 heteroatoms. The predicted octanol–water partition coefficient (Wildman–Crippen LogP) is 1.91. The first-order valence-corrected chi connectivity index (χ1v) is 3.77. The average molecular weight is 188 g/mol. The molecule has 0 amide bonds. The lowest BCUT2D eigenvalue weighted by Gasteiger charge is -2.07. The normalized spacial score (nSPS) is 9.67. The first kappa shape index (κ1) is 9.16. The fraction of sp³-hybridized carbons (Fsp3) is 0.250. The molecule has 0 radical (unpaired) electrons. The van der Waals surface area contributed by atoms with E-state index in [1.165, 1.54) is 0 Å². The summed E-state index contributed by atoms with van der Waals surface area (Å²) in [6.45, 7) is 1.82. The van der Waals surface area contributed by atoms with Gasteiger partial charge in [-0.3, -0.25) is 0 Å². The number of benzene rings is 1. The number of halogens is 1. The van der Waals surface area contributed by atoms with Gasteiger partial charge in [0.25, 0.3) is 0 Å². The molecule has 1 aromatic rings. The highest BCUT2D eigenvalue weighted by Gasteiger charge is 2.06. The molecule has 0 aliphatic rings. The second kappa shape index (κ2) is 3.65. The Morgan fingerprint density at radius 2 is 2.08 bits per heavy atom. The summed E-state index contributed by atoms with van der Waals surface area (Å²) in [6, 6.07) is 3.39. The summed E-state index contributed by atoms with van der Waals surface area (Å²) < 4.78 is 4.97. The van der Waals surface area contributed by atoms with Gasteiger partial charge >= 0.3 is 0 Å². The Morgan fingerprint density at radius 3 is 2.58 bits per heavy atom. The Hall–Kier alpha value is -0.930. The summed E-state index contributed by atoms with van der Waals surface area (Å²) in [5.41, 5.74) is 0.806. The van der Waals surface area contributed by atoms with Crippen LogP contribution in [0.4, 0.5) is 0 Å². The van der Waals surface area contributed by atoms with Crippen molar-refractivity contribution >= 4 is 11.6 Å². The van der Waals surface area contributed by atoms with Gasteiger partial charge in [0.2, 0.25) is 0 Å². The summed E-state index contributed by atoms with van der Waals surface area (Å²) in [4.78, 5) is 4.60. The van der Waals surface area contributed by atoms with E-state index in [0.717, 1.165) is 5.56 Å². The zero-order valence-corrected chi connectivity index (χ0v) is 7.68. The lowest BCUT2D eigenvalue weighted by molar-refractivity contribution is 0.328. The van der Waals surface area contributed by atoms with Crippen LogP contribution in [0.1, 0.15) is 5.56 Å². The van der Waals surface area contributed by atoms with E-state index in [9.17, 15) is 0 Å². The second-order valence-corrected chi connectivity index (χ2v) is 2.76. The van der Waals surface area contributed by atoms with Gasteiger partial charge in [-0.05, 0) is 13.0 Å². The molecule has 0 aromatic heterocycles. The van der Waals surface area contributed by atoms with Gasteiger partial charge in [-0.1, -0.05) is 11.6 Å². The standard InChI is InChI=1S/C8H10ClNO2/c1-5-7(9)3-6(11-2)4-8(5)12-10/h3-4H,10H2,1-2H3. The Kier molecular flexibility index (Phi) is 2.78. The lowest BCUT2D eigenvalue weighted by Crippen LogP contribution is -2.03. The quantitative estimate of drug-likeness (QED) is 0.720. The van der Waals surface area contributed by atoms with Crippen LogP contribution in [0.15, 0.2) is 12.1 Å². The average Bonchev–Trinajstić information content (AvgIpc) is 2.09. The molecule has 0 saturated carbocycles. The van der Waals surface area contributed by atoms with Gasteiger partial charge in [0.15, 0.2) is 5.75 Å². The van der Waals surface area contributed by atoms with E-state index >= 15 is 0 Å². The highest BCUT2D eigenvalue weighted by atomic mass is 35.5. The van der Waals surface area contributed by atoms with Crippen molar-refractivity contribution in [2.24, 2.45) is 5.90 Å². The molecule has 12 heavy (non-hydrogen) atoms. The summed E-state index contributed by atoms with van der Waals surface area (Å²) >= 11 is 5.86. The number of hydrogen-bond donors (Lipinski definition) is 1. The molecule has 3 nitrogen and oxygen atoms in total. The lowest BCUT2D eigenvalue weighted by atomic mass is 10.2. The Balaban J connectivity index is 3.19. The van der Waals surface area contributed by atoms with Crippen molar-refractivity contribution in [1.82, 2.24) is 0 Å². The molecule has 2 N–H and O–H groups in total. The van der Waals surface area contributed by atoms with E-state index < -0.39 is 0 Å². The van der Waals surface area contributed by atoms with Gasteiger partial charge in [0.1, 0.15) is 5.75 Å². The minimum Gasteiger partial charge on any atom is -0.497 e. The van der Waals surface area contributed by atoms with Crippen LogP contribution in [0.2, 0.25) is 5.02 Å². The van der Waals surface area contributed by atoms with Gasteiger partial charge in [0, 0.05) is 11.6 Å². The van der Waals surface area contributed by atoms with Gasteiger partial charge in [0.05, 0.1) is 12.1 Å². The van der Waals surface area contributed by atoms with E-state index in [0.29, 0.717) is 16.5 Å².